The maximum Gasteiger partial charge on any atom is 0.227 e. The molecule has 0 aliphatic carbocycles. The third-order valence-corrected chi connectivity index (χ3v) is 2.71. The first-order valence-electron chi connectivity index (χ1n) is 6.09. The molecule has 19 heavy (non-hydrogen) atoms. The van der Waals surface area contributed by atoms with E-state index in [9.17, 15) is 4.79 Å². The zero-order chi connectivity index (χ0) is 14.6. The van der Waals surface area contributed by atoms with Crippen LogP contribution in [-0.2, 0) is 4.79 Å². The highest BCUT2D eigenvalue weighted by molar-refractivity contribution is 5.98. The van der Waals surface area contributed by atoms with E-state index in [1.807, 2.05) is 20.8 Å². The molecule has 0 heterocycles. The molecular formula is C14H21N3O2. The van der Waals surface area contributed by atoms with Crippen LogP contribution in [0.25, 0.3) is 0 Å². The fraction of sp³-hybridized carbons (Fsp3) is 0.429. The van der Waals surface area contributed by atoms with Crippen LogP contribution in [0.5, 0.6) is 0 Å². The molecule has 0 fully saturated rings. The van der Waals surface area contributed by atoms with Crippen LogP contribution in [0.3, 0.4) is 0 Å². The van der Waals surface area contributed by atoms with E-state index in [1.54, 1.807) is 36.2 Å². The number of hydrogen-bond acceptors (Lipinski definition) is 3. The van der Waals surface area contributed by atoms with Crippen LogP contribution in [0, 0.1) is 5.41 Å². The highest BCUT2D eigenvalue weighted by Gasteiger charge is 2.19. The van der Waals surface area contributed by atoms with Gasteiger partial charge in [-0.2, -0.15) is 0 Å². The van der Waals surface area contributed by atoms with Crippen LogP contribution in [0.2, 0.25) is 0 Å². The lowest BCUT2D eigenvalue weighted by Crippen LogP contribution is -2.29. The molecule has 5 heteroatoms. The minimum Gasteiger partial charge on any atom is -0.409 e. The molecule has 1 aromatic carbocycles. The van der Waals surface area contributed by atoms with Crippen molar-refractivity contribution in [1.29, 1.82) is 0 Å². The van der Waals surface area contributed by atoms with E-state index in [0.29, 0.717) is 12.0 Å². The molecule has 0 unspecified atom stereocenters. The second kappa shape index (κ2) is 5.73. The first kappa shape index (κ1) is 15.0. The SMILES string of the molecule is CN(C(=O)CC(C)(C)C)c1ccc(C(N)=NO)cc1. The number of amidine groups is 1. The number of carbonyl (C=O) groups is 1. The van der Waals surface area contributed by atoms with Gasteiger partial charge in [0, 0.05) is 24.7 Å². The zero-order valence-corrected chi connectivity index (χ0v) is 11.8. The predicted octanol–water partition coefficient (Wildman–Crippen LogP) is 2.18. The van der Waals surface area contributed by atoms with Crippen molar-refractivity contribution in [3.8, 4) is 0 Å². The molecule has 0 aliphatic rings. The molecule has 1 rings (SSSR count). The maximum absolute atomic E-state index is 12.1. The van der Waals surface area contributed by atoms with Crippen LogP contribution in [0.4, 0.5) is 5.69 Å². The number of benzene rings is 1. The normalized spacial score (nSPS) is 12.3. The molecule has 104 valence electrons. The monoisotopic (exact) mass is 263 g/mol. The van der Waals surface area contributed by atoms with E-state index in [4.69, 9.17) is 10.9 Å². The summed E-state index contributed by atoms with van der Waals surface area (Å²) in [5.74, 6) is 0.110. The maximum atomic E-state index is 12.1. The van der Waals surface area contributed by atoms with Gasteiger partial charge in [-0.15, -0.1) is 0 Å². The number of nitrogens with zero attached hydrogens (tertiary/aromatic N) is 2. The molecule has 1 aromatic rings. The Bertz CT molecular complexity index is 472. The molecule has 0 aliphatic heterocycles. The lowest BCUT2D eigenvalue weighted by molar-refractivity contribution is -0.120. The van der Waals surface area contributed by atoms with Gasteiger partial charge in [-0.25, -0.2) is 0 Å². The number of rotatable bonds is 3. The van der Waals surface area contributed by atoms with Crippen molar-refractivity contribution in [2.24, 2.45) is 16.3 Å². The summed E-state index contributed by atoms with van der Waals surface area (Å²) in [5, 5.41) is 11.5. The Morgan fingerprint density at radius 3 is 2.26 bits per heavy atom. The number of nitrogens with two attached hydrogens (primary N) is 1. The molecule has 5 nitrogen and oxygen atoms in total. The summed E-state index contributed by atoms with van der Waals surface area (Å²) in [4.78, 5) is 13.7. The Balaban J connectivity index is 2.84. The fourth-order valence-electron chi connectivity index (χ4n) is 1.63. The topological polar surface area (TPSA) is 78.9 Å². The zero-order valence-electron chi connectivity index (χ0n) is 11.8. The van der Waals surface area contributed by atoms with E-state index >= 15 is 0 Å². The first-order chi connectivity index (χ1) is 8.74. The lowest BCUT2D eigenvalue weighted by atomic mass is 9.91. The Morgan fingerprint density at radius 2 is 1.84 bits per heavy atom. The van der Waals surface area contributed by atoms with E-state index in [2.05, 4.69) is 5.16 Å². The van der Waals surface area contributed by atoms with E-state index in [1.165, 1.54) is 0 Å². The molecule has 0 saturated carbocycles. The van der Waals surface area contributed by atoms with Gasteiger partial charge < -0.3 is 15.8 Å². The molecule has 0 bridgehead atoms. The van der Waals surface area contributed by atoms with Gasteiger partial charge in [0.2, 0.25) is 5.91 Å². The average molecular weight is 263 g/mol. The van der Waals surface area contributed by atoms with Crippen molar-refractivity contribution in [3.05, 3.63) is 29.8 Å². The van der Waals surface area contributed by atoms with Gasteiger partial charge >= 0.3 is 0 Å². The van der Waals surface area contributed by atoms with Crippen molar-refractivity contribution in [2.45, 2.75) is 27.2 Å². The first-order valence-corrected chi connectivity index (χ1v) is 6.09. The third kappa shape index (κ3) is 4.28. The van der Waals surface area contributed by atoms with E-state index in [0.717, 1.165) is 5.69 Å². The van der Waals surface area contributed by atoms with Gasteiger partial charge in [0.25, 0.3) is 0 Å². The number of carbonyl (C=O) groups excluding carboxylic acids is 1. The van der Waals surface area contributed by atoms with Gasteiger partial charge in [-0.3, -0.25) is 4.79 Å². The highest BCUT2D eigenvalue weighted by Crippen LogP contribution is 2.22. The molecule has 0 radical (unpaired) electrons. The van der Waals surface area contributed by atoms with Crippen LogP contribution in [0.1, 0.15) is 32.8 Å². The van der Waals surface area contributed by atoms with Crippen molar-refractivity contribution < 1.29 is 10.0 Å². The second-order valence-electron chi connectivity index (χ2n) is 5.72. The van der Waals surface area contributed by atoms with Gasteiger partial charge in [0.1, 0.15) is 0 Å². The van der Waals surface area contributed by atoms with Crippen molar-refractivity contribution in [2.75, 3.05) is 11.9 Å². The van der Waals surface area contributed by atoms with Gasteiger partial charge in [0.15, 0.2) is 5.84 Å². The minimum atomic E-state index is -0.0424. The molecular weight excluding hydrogens is 242 g/mol. The number of anilines is 1. The molecule has 3 N–H and O–H groups in total. The largest absolute Gasteiger partial charge is 0.409 e. The Hall–Kier alpha value is -2.04. The predicted molar refractivity (Wildman–Crippen MR) is 76.4 cm³/mol. The highest BCUT2D eigenvalue weighted by atomic mass is 16.4. The van der Waals surface area contributed by atoms with Crippen LogP contribution < -0.4 is 10.6 Å². The van der Waals surface area contributed by atoms with Crippen LogP contribution >= 0.6 is 0 Å². The summed E-state index contributed by atoms with van der Waals surface area (Å²) < 4.78 is 0. The molecule has 0 saturated heterocycles. The minimum absolute atomic E-state index is 0.0424. The molecule has 1 amide bonds. The van der Waals surface area contributed by atoms with E-state index in [-0.39, 0.29) is 17.2 Å². The smallest absolute Gasteiger partial charge is 0.227 e. The fourth-order valence-corrected chi connectivity index (χ4v) is 1.63. The molecule has 0 aromatic heterocycles. The number of oxime groups is 1. The quantitative estimate of drug-likeness (QED) is 0.380. The summed E-state index contributed by atoms with van der Waals surface area (Å²) in [6.45, 7) is 6.08. The lowest BCUT2D eigenvalue weighted by Gasteiger charge is -2.23. The van der Waals surface area contributed by atoms with Crippen LogP contribution in [-0.4, -0.2) is 24.0 Å². The summed E-state index contributed by atoms with van der Waals surface area (Å²) in [6.07, 6.45) is 0.478. The van der Waals surface area contributed by atoms with Crippen molar-refractivity contribution in [1.82, 2.24) is 0 Å². The summed E-state index contributed by atoms with van der Waals surface area (Å²) in [7, 11) is 1.74. The van der Waals surface area contributed by atoms with Crippen LogP contribution in [0.15, 0.2) is 29.4 Å². The summed E-state index contributed by atoms with van der Waals surface area (Å²) in [5.41, 5.74) is 6.84. The number of amides is 1. The Morgan fingerprint density at radius 1 is 1.32 bits per heavy atom. The van der Waals surface area contributed by atoms with Crippen molar-refractivity contribution in [3.63, 3.8) is 0 Å². The van der Waals surface area contributed by atoms with Gasteiger partial charge in [-0.1, -0.05) is 25.9 Å². The summed E-state index contributed by atoms with van der Waals surface area (Å²) >= 11 is 0. The Labute approximate surface area is 113 Å². The second-order valence-corrected chi connectivity index (χ2v) is 5.72. The number of hydrogen-bond donors (Lipinski definition) is 2. The van der Waals surface area contributed by atoms with Crippen molar-refractivity contribution >= 4 is 17.4 Å². The molecule has 0 atom stereocenters. The van der Waals surface area contributed by atoms with E-state index < -0.39 is 0 Å². The van der Waals surface area contributed by atoms with Gasteiger partial charge in [-0.05, 0) is 29.7 Å². The average Bonchev–Trinajstić information content (AvgIpc) is 2.35. The summed E-state index contributed by atoms with van der Waals surface area (Å²) in [6, 6.07) is 6.97. The van der Waals surface area contributed by atoms with Gasteiger partial charge in [0.05, 0.1) is 0 Å². The Kier molecular flexibility index (Phi) is 4.53. The molecule has 0 spiro atoms. The standard InChI is InChI=1S/C14H21N3O2/c1-14(2,3)9-12(18)17(4)11-7-5-10(6-8-11)13(15)16-19/h5-8,19H,9H2,1-4H3,(H2,15,16). The third-order valence-electron chi connectivity index (χ3n) is 2.71.